The van der Waals surface area contributed by atoms with Crippen LogP contribution in [0.2, 0.25) is 0 Å². The van der Waals surface area contributed by atoms with Gasteiger partial charge in [0.25, 0.3) is 0 Å². The highest BCUT2D eigenvalue weighted by Gasteiger charge is 2.40. The summed E-state index contributed by atoms with van der Waals surface area (Å²) in [7, 11) is 0. The number of amides is 2. The summed E-state index contributed by atoms with van der Waals surface area (Å²) in [5, 5.41) is 18.8. The smallest absolute Gasteiger partial charge is 0.325 e. The van der Waals surface area contributed by atoms with E-state index < -0.39 is 35.7 Å². The number of nitrogens with one attached hydrogen (secondary N) is 1. The minimum Gasteiger partial charge on any atom is -0.480 e. The number of carboxylic acids is 2. The van der Waals surface area contributed by atoms with Gasteiger partial charge in [0.05, 0.1) is 0 Å². The zero-order valence-electron chi connectivity index (χ0n) is 7.68. The molecule has 0 rings (SSSR count). The van der Waals surface area contributed by atoms with Crippen molar-refractivity contribution in [3.63, 3.8) is 0 Å². The van der Waals surface area contributed by atoms with E-state index in [2.05, 4.69) is 0 Å². The number of hydrogen-bond donors (Lipinski definition) is 4. The number of primary amides is 1. The third kappa shape index (κ3) is 3.63. The summed E-state index contributed by atoms with van der Waals surface area (Å²) in [5.74, 6) is -6.89. The Balaban J connectivity index is 5.01. The Morgan fingerprint density at radius 2 is 1.53 bits per heavy atom. The fourth-order valence-electron chi connectivity index (χ4n) is 0.827. The van der Waals surface area contributed by atoms with E-state index in [9.17, 15) is 19.2 Å². The molecule has 0 fully saturated rings. The maximum Gasteiger partial charge on any atom is 0.325 e. The van der Waals surface area contributed by atoms with Crippen molar-refractivity contribution >= 4 is 23.8 Å². The van der Waals surface area contributed by atoms with Crippen molar-refractivity contribution in [2.24, 2.45) is 5.73 Å². The quantitative estimate of drug-likeness (QED) is 0.381. The fourth-order valence-corrected chi connectivity index (χ4v) is 0.827. The Labute approximate surface area is 84.1 Å². The Bertz CT molecular complexity index is 299. The molecule has 1 radical (unpaired) electrons. The normalized spacial score (nSPS) is 11.9. The van der Waals surface area contributed by atoms with Crippen molar-refractivity contribution in [2.75, 3.05) is 0 Å². The van der Waals surface area contributed by atoms with E-state index in [1.807, 2.05) is 5.32 Å². The Morgan fingerprint density at radius 3 is 1.73 bits per heavy atom. The molecular formula is C7H9N2O6. The van der Waals surface area contributed by atoms with Crippen LogP contribution in [0.5, 0.6) is 0 Å². The van der Waals surface area contributed by atoms with Gasteiger partial charge in [0.15, 0.2) is 0 Å². The van der Waals surface area contributed by atoms with E-state index >= 15 is 0 Å². The van der Waals surface area contributed by atoms with Crippen LogP contribution in [0.15, 0.2) is 0 Å². The minimum atomic E-state index is -1.85. The lowest BCUT2D eigenvalue weighted by molar-refractivity contribution is -0.146. The molecule has 0 aromatic heterocycles. The molecular weight excluding hydrogens is 208 g/mol. The molecule has 8 nitrogen and oxygen atoms in total. The topological polar surface area (TPSA) is 147 Å². The molecule has 2 amide bonds. The second-order valence-corrected chi connectivity index (χ2v) is 2.56. The lowest BCUT2D eigenvalue weighted by Gasteiger charge is -2.17. The van der Waals surface area contributed by atoms with Gasteiger partial charge in [0.2, 0.25) is 17.7 Å². The average molecular weight is 217 g/mol. The van der Waals surface area contributed by atoms with Gasteiger partial charge >= 0.3 is 11.9 Å². The van der Waals surface area contributed by atoms with Crippen LogP contribution < -0.4 is 11.1 Å². The van der Waals surface area contributed by atoms with Crippen LogP contribution in [-0.2, 0) is 19.2 Å². The number of hydrogen-bond acceptors (Lipinski definition) is 4. The number of aliphatic carboxylic acids is 2. The molecule has 8 heteroatoms. The van der Waals surface area contributed by atoms with Gasteiger partial charge in [-0.1, -0.05) is 0 Å². The third-order valence-corrected chi connectivity index (χ3v) is 1.38. The maximum atomic E-state index is 10.7. The van der Waals surface area contributed by atoms with Gasteiger partial charge in [-0.05, 0) is 0 Å². The summed E-state index contributed by atoms with van der Waals surface area (Å²) < 4.78 is 0. The van der Waals surface area contributed by atoms with E-state index in [0.29, 0.717) is 0 Å². The summed E-state index contributed by atoms with van der Waals surface area (Å²) in [6.07, 6.45) is 0. The molecule has 0 saturated carbocycles. The SMILES string of the molecule is CC(=O)NC([C](C(=O)O)C(=O)O)C(N)=O. The van der Waals surface area contributed by atoms with Gasteiger partial charge < -0.3 is 21.3 Å². The summed E-state index contributed by atoms with van der Waals surface area (Å²) in [4.78, 5) is 42.3. The third-order valence-electron chi connectivity index (χ3n) is 1.38. The predicted octanol–water partition coefficient (Wildman–Crippen LogP) is -2.28. The maximum absolute atomic E-state index is 10.7. The first-order valence-electron chi connectivity index (χ1n) is 3.67. The van der Waals surface area contributed by atoms with E-state index in [-0.39, 0.29) is 0 Å². The molecule has 83 valence electrons. The minimum absolute atomic E-state index is 0.765. The van der Waals surface area contributed by atoms with Crippen LogP contribution in [0.1, 0.15) is 6.92 Å². The zero-order valence-corrected chi connectivity index (χ0v) is 7.68. The molecule has 1 unspecified atom stereocenters. The second-order valence-electron chi connectivity index (χ2n) is 2.56. The van der Waals surface area contributed by atoms with Crippen LogP contribution in [0.25, 0.3) is 0 Å². The first-order chi connectivity index (χ1) is 6.77. The summed E-state index contributed by atoms with van der Waals surface area (Å²) in [5.41, 5.74) is 4.76. The summed E-state index contributed by atoms with van der Waals surface area (Å²) >= 11 is 0. The summed E-state index contributed by atoms with van der Waals surface area (Å²) in [6, 6.07) is -1.85. The number of nitrogens with two attached hydrogens (primary N) is 1. The van der Waals surface area contributed by atoms with Gasteiger partial charge in [-0.15, -0.1) is 0 Å². The van der Waals surface area contributed by atoms with E-state index in [1.165, 1.54) is 0 Å². The molecule has 5 N–H and O–H groups in total. The molecule has 0 bridgehead atoms. The van der Waals surface area contributed by atoms with Gasteiger partial charge in [-0.2, -0.15) is 0 Å². The van der Waals surface area contributed by atoms with Gasteiger partial charge in [0, 0.05) is 6.92 Å². The van der Waals surface area contributed by atoms with Gasteiger partial charge in [0.1, 0.15) is 6.04 Å². The molecule has 0 aromatic carbocycles. The zero-order chi connectivity index (χ0) is 12.2. The molecule has 0 saturated heterocycles. The van der Waals surface area contributed by atoms with Gasteiger partial charge in [-0.3, -0.25) is 19.2 Å². The molecule has 0 aliphatic heterocycles. The lowest BCUT2D eigenvalue weighted by atomic mass is 9.99. The van der Waals surface area contributed by atoms with Crippen molar-refractivity contribution in [3.05, 3.63) is 5.92 Å². The monoisotopic (exact) mass is 217 g/mol. The Hall–Kier alpha value is -2.12. The molecule has 0 aromatic rings. The first kappa shape index (κ1) is 12.9. The highest BCUT2D eigenvalue weighted by atomic mass is 16.4. The first-order valence-corrected chi connectivity index (χ1v) is 3.67. The fraction of sp³-hybridized carbons (Fsp3) is 0.286. The van der Waals surface area contributed by atoms with Crippen LogP contribution in [0, 0.1) is 5.92 Å². The molecule has 0 aliphatic rings. The predicted molar refractivity (Wildman–Crippen MR) is 45.3 cm³/mol. The van der Waals surface area contributed by atoms with Crippen LogP contribution in [0.4, 0.5) is 0 Å². The van der Waals surface area contributed by atoms with Crippen LogP contribution in [-0.4, -0.2) is 40.0 Å². The van der Waals surface area contributed by atoms with Crippen LogP contribution >= 0.6 is 0 Å². The largest absolute Gasteiger partial charge is 0.480 e. The van der Waals surface area contributed by atoms with E-state index in [1.54, 1.807) is 0 Å². The van der Waals surface area contributed by atoms with Crippen molar-refractivity contribution in [1.82, 2.24) is 5.32 Å². The molecule has 0 heterocycles. The highest BCUT2D eigenvalue weighted by molar-refractivity contribution is 6.14. The molecule has 15 heavy (non-hydrogen) atoms. The number of carbonyl (C=O) groups is 4. The van der Waals surface area contributed by atoms with Gasteiger partial charge in [-0.25, -0.2) is 0 Å². The molecule has 0 aliphatic carbocycles. The number of carboxylic acid groups (broad SMARTS) is 2. The lowest BCUT2D eigenvalue weighted by Crippen LogP contribution is -2.52. The molecule has 0 spiro atoms. The molecule has 1 atom stereocenters. The summed E-state index contributed by atoms with van der Waals surface area (Å²) in [6.45, 7) is 0.997. The Kier molecular flexibility index (Phi) is 4.24. The number of carbonyl (C=O) groups excluding carboxylic acids is 2. The number of rotatable bonds is 5. The van der Waals surface area contributed by atoms with Crippen molar-refractivity contribution < 1.29 is 29.4 Å². The van der Waals surface area contributed by atoms with Crippen molar-refractivity contribution in [2.45, 2.75) is 13.0 Å². The van der Waals surface area contributed by atoms with Crippen molar-refractivity contribution in [1.29, 1.82) is 0 Å². The standard InChI is InChI=1S/C7H9N2O6/c1-2(10)9-4(5(8)11)3(6(12)13)7(14)15/h4H,1H3,(H2,8,11)(H,9,10)(H,12,13)(H,14,15). The Morgan fingerprint density at radius 1 is 1.13 bits per heavy atom. The van der Waals surface area contributed by atoms with E-state index in [4.69, 9.17) is 15.9 Å². The second kappa shape index (κ2) is 4.94. The highest BCUT2D eigenvalue weighted by Crippen LogP contribution is 2.07. The average Bonchev–Trinajstić information content (AvgIpc) is 2.00. The van der Waals surface area contributed by atoms with Crippen LogP contribution in [0.3, 0.4) is 0 Å². The van der Waals surface area contributed by atoms with E-state index in [0.717, 1.165) is 6.92 Å². The van der Waals surface area contributed by atoms with Crippen molar-refractivity contribution in [3.8, 4) is 0 Å².